The van der Waals surface area contributed by atoms with Crippen LogP contribution >= 0.6 is 0 Å². The zero-order valence-corrected chi connectivity index (χ0v) is 20.1. The summed E-state index contributed by atoms with van der Waals surface area (Å²) in [7, 11) is 4.54. The van der Waals surface area contributed by atoms with Crippen LogP contribution in [0, 0.1) is 0 Å². The van der Waals surface area contributed by atoms with E-state index in [0.29, 0.717) is 29.2 Å². The maximum Gasteiger partial charge on any atom is 0.410 e. The number of fused-ring (bicyclic) bond motifs is 1. The molecule has 2 atom stereocenters. The molecule has 2 heterocycles. The molecule has 1 amide bonds. The number of carbonyl (C=O) groups is 1. The number of halogens is 3. The lowest BCUT2D eigenvalue weighted by atomic mass is 9.95. The second kappa shape index (κ2) is 10.4. The molecule has 0 aliphatic carbocycles. The summed E-state index contributed by atoms with van der Waals surface area (Å²) in [6.07, 6.45) is -3.20. The Kier molecular flexibility index (Phi) is 7.27. The third-order valence-electron chi connectivity index (χ3n) is 6.14. The molecule has 4 rings (SSSR count). The van der Waals surface area contributed by atoms with E-state index in [1.807, 2.05) is 6.07 Å². The molecule has 3 aromatic rings. The van der Waals surface area contributed by atoms with Gasteiger partial charge in [-0.05, 0) is 30.2 Å². The number of nitrogens with one attached hydrogen (secondary N) is 2. The molecule has 2 aromatic carbocycles. The lowest BCUT2D eigenvalue weighted by Gasteiger charge is -2.34. The number of benzene rings is 2. The Morgan fingerprint density at radius 2 is 1.81 bits per heavy atom. The highest BCUT2D eigenvalue weighted by molar-refractivity contribution is 5.98. The average molecular weight is 505 g/mol. The Bertz CT molecular complexity index is 1230. The molecule has 2 N–H and O–H groups in total. The Morgan fingerprint density at radius 3 is 2.50 bits per heavy atom. The van der Waals surface area contributed by atoms with E-state index in [0.717, 1.165) is 16.4 Å². The van der Waals surface area contributed by atoms with Crippen LogP contribution in [0.4, 0.5) is 19.0 Å². The first-order chi connectivity index (χ1) is 17.3. The minimum Gasteiger partial charge on any atom is -0.496 e. The summed E-state index contributed by atoms with van der Waals surface area (Å²) >= 11 is 0. The first-order valence-corrected chi connectivity index (χ1v) is 11.3. The molecule has 0 fully saturated rings. The summed E-state index contributed by atoms with van der Waals surface area (Å²) in [5.41, 5.74) is 1.51. The van der Waals surface area contributed by atoms with Crippen molar-refractivity contribution in [3.63, 3.8) is 0 Å². The molecule has 1 aliphatic heterocycles. The molecule has 11 heteroatoms. The van der Waals surface area contributed by atoms with Crippen molar-refractivity contribution in [2.24, 2.45) is 0 Å². The summed E-state index contributed by atoms with van der Waals surface area (Å²) in [6, 6.07) is 9.68. The molecule has 0 unspecified atom stereocenters. The Morgan fingerprint density at radius 1 is 1.08 bits per heavy atom. The second-order valence-corrected chi connectivity index (χ2v) is 8.28. The minimum absolute atomic E-state index is 0.0168. The van der Waals surface area contributed by atoms with Gasteiger partial charge >= 0.3 is 6.18 Å². The van der Waals surface area contributed by atoms with Gasteiger partial charge in [-0.25, -0.2) is 4.68 Å². The van der Waals surface area contributed by atoms with Crippen LogP contribution in [-0.2, 0) is 6.42 Å². The van der Waals surface area contributed by atoms with Gasteiger partial charge in [-0.3, -0.25) is 4.79 Å². The van der Waals surface area contributed by atoms with Gasteiger partial charge in [0.05, 0.1) is 33.6 Å². The number of hydrogen-bond acceptors (Lipinski definition) is 6. The molecular weight excluding hydrogens is 477 g/mol. The van der Waals surface area contributed by atoms with Crippen molar-refractivity contribution in [2.45, 2.75) is 31.1 Å². The van der Waals surface area contributed by atoms with E-state index >= 15 is 0 Å². The van der Waals surface area contributed by atoms with Crippen molar-refractivity contribution in [3.8, 4) is 17.2 Å². The zero-order valence-electron chi connectivity index (χ0n) is 20.1. The molecular formula is C25H27F3N4O4. The highest BCUT2D eigenvalue weighted by Crippen LogP contribution is 2.45. The third-order valence-corrected chi connectivity index (χ3v) is 6.14. The maximum absolute atomic E-state index is 14.0. The third kappa shape index (κ3) is 5.05. The lowest BCUT2D eigenvalue weighted by molar-refractivity contribution is -0.173. The number of nitrogens with zero attached hydrogens (tertiary/aromatic N) is 2. The van der Waals surface area contributed by atoms with E-state index in [2.05, 4.69) is 15.7 Å². The standard InChI is InChI=1S/C25H27F3N4O4/c1-34-19-7-5-4-6-16(19)18-13-22(25(26,27)28)32-23(31-18)17(14-30-32)24(33)29-11-10-15-8-9-20(35-2)21(12-15)36-3/h4-9,12,14,18,22,31H,10-11,13H2,1-3H3,(H,29,33)/t18-,22+/m0/s1. The fourth-order valence-corrected chi connectivity index (χ4v) is 4.34. The van der Waals surface area contributed by atoms with Crippen LogP contribution in [0.1, 0.15) is 40.0 Å². The maximum atomic E-state index is 14.0. The van der Waals surface area contributed by atoms with Gasteiger partial charge in [-0.15, -0.1) is 0 Å². The molecule has 192 valence electrons. The molecule has 1 aliphatic rings. The first kappa shape index (κ1) is 25.2. The Labute approximate surface area is 206 Å². The predicted octanol–water partition coefficient (Wildman–Crippen LogP) is 4.54. The number of methoxy groups -OCH3 is 3. The van der Waals surface area contributed by atoms with Crippen LogP contribution in [0.2, 0.25) is 0 Å². The van der Waals surface area contributed by atoms with E-state index < -0.39 is 24.2 Å². The molecule has 0 saturated carbocycles. The van der Waals surface area contributed by atoms with Crippen molar-refractivity contribution < 1.29 is 32.2 Å². The van der Waals surface area contributed by atoms with Crippen molar-refractivity contribution in [1.82, 2.24) is 15.1 Å². The molecule has 36 heavy (non-hydrogen) atoms. The molecule has 0 radical (unpaired) electrons. The van der Waals surface area contributed by atoms with Gasteiger partial charge in [0, 0.05) is 18.5 Å². The minimum atomic E-state index is -4.55. The SMILES string of the molecule is COc1ccc(CCNC(=O)c2cnn3c2N[C@H](c2ccccc2OC)C[C@@H]3C(F)(F)F)cc1OC. The van der Waals surface area contributed by atoms with E-state index in [-0.39, 0.29) is 24.3 Å². The number of anilines is 1. The number of amides is 1. The first-order valence-electron chi connectivity index (χ1n) is 11.3. The number of ether oxygens (including phenoxy) is 3. The zero-order chi connectivity index (χ0) is 25.9. The quantitative estimate of drug-likeness (QED) is 0.469. The number of aromatic nitrogens is 2. The number of rotatable bonds is 8. The van der Waals surface area contributed by atoms with Gasteiger partial charge in [0.25, 0.3) is 5.91 Å². The summed E-state index contributed by atoms with van der Waals surface area (Å²) in [5, 5.41) is 9.77. The van der Waals surface area contributed by atoms with E-state index in [4.69, 9.17) is 14.2 Å². The molecule has 1 aromatic heterocycles. The van der Waals surface area contributed by atoms with Gasteiger partial charge in [0.15, 0.2) is 17.5 Å². The highest BCUT2D eigenvalue weighted by Gasteiger charge is 2.47. The summed E-state index contributed by atoms with van der Waals surface area (Å²) < 4.78 is 58.6. The van der Waals surface area contributed by atoms with Crippen LogP contribution in [0.25, 0.3) is 0 Å². The summed E-state index contributed by atoms with van der Waals surface area (Å²) in [5.74, 6) is 1.11. The topological polar surface area (TPSA) is 86.6 Å². The van der Waals surface area contributed by atoms with E-state index in [1.165, 1.54) is 14.2 Å². The van der Waals surface area contributed by atoms with Crippen molar-refractivity contribution in [1.29, 1.82) is 0 Å². The number of para-hydroxylation sites is 1. The van der Waals surface area contributed by atoms with Crippen LogP contribution < -0.4 is 24.8 Å². The fourth-order valence-electron chi connectivity index (χ4n) is 4.34. The van der Waals surface area contributed by atoms with Gasteiger partial charge in [0.2, 0.25) is 0 Å². The Balaban J connectivity index is 1.54. The van der Waals surface area contributed by atoms with E-state index in [1.54, 1.807) is 43.5 Å². The number of hydrogen-bond donors (Lipinski definition) is 2. The normalized spacial score (nSPS) is 17.1. The van der Waals surface area contributed by atoms with E-state index in [9.17, 15) is 18.0 Å². The molecule has 0 spiro atoms. The molecule has 0 saturated heterocycles. The van der Waals surface area contributed by atoms with Crippen LogP contribution in [-0.4, -0.2) is 49.7 Å². The van der Waals surface area contributed by atoms with Gasteiger partial charge < -0.3 is 24.8 Å². The monoisotopic (exact) mass is 504 g/mol. The number of alkyl halides is 3. The number of carbonyl (C=O) groups excluding carboxylic acids is 1. The average Bonchev–Trinajstić information content (AvgIpc) is 3.31. The van der Waals surface area contributed by atoms with Crippen LogP contribution in [0.5, 0.6) is 17.2 Å². The van der Waals surface area contributed by atoms with Gasteiger partial charge in [0.1, 0.15) is 17.1 Å². The van der Waals surface area contributed by atoms with Gasteiger partial charge in [-0.1, -0.05) is 24.3 Å². The van der Waals surface area contributed by atoms with Crippen molar-refractivity contribution in [3.05, 3.63) is 65.4 Å². The second-order valence-electron chi connectivity index (χ2n) is 8.28. The highest BCUT2D eigenvalue weighted by atomic mass is 19.4. The molecule has 0 bridgehead atoms. The lowest BCUT2D eigenvalue weighted by Crippen LogP contribution is -2.36. The predicted molar refractivity (Wildman–Crippen MR) is 127 cm³/mol. The fraction of sp³-hybridized carbons (Fsp3) is 0.360. The van der Waals surface area contributed by atoms with Crippen LogP contribution in [0.15, 0.2) is 48.7 Å². The summed E-state index contributed by atoms with van der Waals surface area (Å²) in [4.78, 5) is 13.0. The van der Waals surface area contributed by atoms with Crippen molar-refractivity contribution in [2.75, 3.05) is 33.2 Å². The molecule has 8 nitrogen and oxygen atoms in total. The van der Waals surface area contributed by atoms with Crippen molar-refractivity contribution >= 4 is 11.7 Å². The van der Waals surface area contributed by atoms with Gasteiger partial charge in [-0.2, -0.15) is 18.3 Å². The largest absolute Gasteiger partial charge is 0.496 e. The smallest absolute Gasteiger partial charge is 0.410 e. The van der Waals surface area contributed by atoms with Crippen LogP contribution in [0.3, 0.4) is 0 Å². The summed E-state index contributed by atoms with van der Waals surface area (Å²) in [6.45, 7) is 0.261. The Hall–Kier alpha value is -3.89.